The highest BCUT2D eigenvalue weighted by Crippen LogP contribution is 2.19. The molecule has 0 aromatic heterocycles. The van der Waals surface area contributed by atoms with Crippen LogP contribution in [-0.4, -0.2) is 72.7 Å². The standard InChI is InChI=1S/C11H21N3O2/c1-13-5-2-9(3-6-13)14-7-4-12-8-10(14)11(15)16/h9-10,12H,2-8H2,1H3,(H,15,16). The number of piperidine rings is 1. The van der Waals surface area contributed by atoms with Gasteiger partial charge in [-0.3, -0.25) is 9.69 Å². The van der Waals surface area contributed by atoms with Gasteiger partial charge in [-0.05, 0) is 33.0 Å². The average molecular weight is 227 g/mol. The van der Waals surface area contributed by atoms with Crippen LogP contribution in [0.5, 0.6) is 0 Å². The number of likely N-dealkylation sites (tertiary alicyclic amines) is 1. The van der Waals surface area contributed by atoms with Crippen molar-refractivity contribution >= 4 is 5.97 Å². The Bertz CT molecular complexity index is 252. The quantitative estimate of drug-likeness (QED) is 0.662. The molecule has 5 nitrogen and oxygen atoms in total. The molecule has 2 aliphatic heterocycles. The molecule has 92 valence electrons. The Morgan fingerprint density at radius 2 is 2.00 bits per heavy atom. The Morgan fingerprint density at radius 1 is 1.31 bits per heavy atom. The van der Waals surface area contributed by atoms with Crippen LogP contribution in [0.15, 0.2) is 0 Å². The zero-order valence-corrected chi connectivity index (χ0v) is 9.85. The third kappa shape index (κ3) is 2.53. The van der Waals surface area contributed by atoms with Crippen LogP contribution >= 0.6 is 0 Å². The van der Waals surface area contributed by atoms with Gasteiger partial charge in [-0.25, -0.2) is 0 Å². The molecule has 0 aromatic carbocycles. The topological polar surface area (TPSA) is 55.8 Å². The predicted molar refractivity (Wildman–Crippen MR) is 61.5 cm³/mol. The molecule has 0 aromatic rings. The van der Waals surface area contributed by atoms with Gasteiger partial charge in [-0.1, -0.05) is 0 Å². The molecule has 2 saturated heterocycles. The normalized spacial score (nSPS) is 30.4. The summed E-state index contributed by atoms with van der Waals surface area (Å²) in [6.07, 6.45) is 2.20. The molecule has 16 heavy (non-hydrogen) atoms. The minimum Gasteiger partial charge on any atom is -0.480 e. The second-order valence-electron chi connectivity index (χ2n) is 4.83. The lowest BCUT2D eigenvalue weighted by molar-refractivity contribution is -0.145. The van der Waals surface area contributed by atoms with Crippen LogP contribution < -0.4 is 5.32 Å². The molecule has 0 saturated carbocycles. The minimum atomic E-state index is -0.689. The number of piperazine rings is 1. The summed E-state index contributed by atoms with van der Waals surface area (Å²) in [7, 11) is 2.13. The first kappa shape index (κ1) is 11.8. The van der Waals surface area contributed by atoms with Crippen molar-refractivity contribution in [2.75, 3.05) is 39.8 Å². The summed E-state index contributed by atoms with van der Waals surface area (Å²) >= 11 is 0. The number of rotatable bonds is 2. The van der Waals surface area contributed by atoms with Gasteiger partial charge in [0.2, 0.25) is 0 Å². The lowest BCUT2D eigenvalue weighted by atomic mass is 10.00. The van der Waals surface area contributed by atoms with Crippen LogP contribution in [0, 0.1) is 0 Å². The summed E-state index contributed by atoms with van der Waals surface area (Å²) in [5.74, 6) is -0.689. The first-order chi connectivity index (χ1) is 7.68. The third-order valence-electron chi connectivity index (χ3n) is 3.73. The SMILES string of the molecule is CN1CCC(N2CCNCC2C(=O)O)CC1. The largest absolute Gasteiger partial charge is 0.480 e. The lowest BCUT2D eigenvalue weighted by Gasteiger charge is -2.42. The second kappa shape index (κ2) is 5.12. The van der Waals surface area contributed by atoms with Crippen LogP contribution in [0.25, 0.3) is 0 Å². The zero-order valence-electron chi connectivity index (χ0n) is 9.85. The van der Waals surface area contributed by atoms with Gasteiger partial charge >= 0.3 is 5.97 Å². The maximum Gasteiger partial charge on any atom is 0.322 e. The number of hydrogen-bond donors (Lipinski definition) is 2. The van der Waals surface area contributed by atoms with Crippen molar-refractivity contribution in [1.82, 2.24) is 15.1 Å². The molecule has 5 heteroatoms. The van der Waals surface area contributed by atoms with Crippen LogP contribution in [0.1, 0.15) is 12.8 Å². The number of nitrogens with zero attached hydrogens (tertiary/aromatic N) is 2. The van der Waals surface area contributed by atoms with E-state index in [2.05, 4.69) is 22.2 Å². The number of carboxylic acids is 1. The summed E-state index contributed by atoms with van der Waals surface area (Å²) in [5.41, 5.74) is 0. The Morgan fingerprint density at radius 3 is 2.62 bits per heavy atom. The number of nitrogens with one attached hydrogen (secondary N) is 1. The maximum absolute atomic E-state index is 11.2. The molecule has 0 radical (unpaired) electrons. The molecule has 0 bridgehead atoms. The molecule has 0 aliphatic carbocycles. The van der Waals surface area contributed by atoms with E-state index in [1.54, 1.807) is 0 Å². The second-order valence-corrected chi connectivity index (χ2v) is 4.83. The van der Waals surface area contributed by atoms with Crippen molar-refractivity contribution in [1.29, 1.82) is 0 Å². The number of aliphatic carboxylic acids is 1. The van der Waals surface area contributed by atoms with E-state index >= 15 is 0 Å². The van der Waals surface area contributed by atoms with Gasteiger partial charge in [-0.2, -0.15) is 0 Å². The van der Waals surface area contributed by atoms with E-state index in [0.717, 1.165) is 39.0 Å². The summed E-state index contributed by atoms with van der Waals surface area (Å²) in [6.45, 7) is 4.53. The van der Waals surface area contributed by atoms with Gasteiger partial charge in [-0.15, -0.1) is 0 Å². The highest BCUT2D eigenvalue weighted by atomic mass is 16.4. The fourth-order valence-corrected chi connectivity index (χ4v) is 2.71. The summed E-state index contributed by atoms with van der Waals surface area (Å²) < 4.78 is 0. The smallest absolute Gasteiger partial charge is 0.322 e. The molecule has 2 heterocycles. The summed E-state index contributed by atoms with van der Waals surface area (Å²) in [4.78, 5) is 15.7. The zero-order chi connectivity index (χ0) is 11.5. The van der Waals surface area contributed by atoms with E-state index in [1.807, 2.05) is 0 Å². The summed E-state index contributed by atoms with van der Waals surface area (Å²) in [6, 6.07) is 0.126. The predicted octanol–water partition coefficient (Wildman–Crippen LogP) is -0.561. The van der Waals surface area contributed by atoms with Crippen molar-refractivity contribution in [3.05, 3.63) is 0 Å². The van der Waals surface area contributed by atoms with E-state index in [-0.39, 0.29) is 6.04 Å². The van der Waals surface area contributed by atoms with E-state index in [0.29, 0.717) is 12.6 Å². The first-order valence-corrected chi connectivity index (χ1v) is 6.06. The van der Waals surface area contributed by atoms with Gasteiger partial charge in [0.15, 0.2) is 0 Å². The Hall–Kier alpha value is -0.650. The Labute approximate surface area is 96.4 Å². The van der Waals surface area contributed by atoms with Crippen LogP contribution in [0.3, 0.4) is 0 Å². The van der Waals surface area contributed by atoms with Crippen molar-refractivity contribution in [2.24, 2.45) is 0 Å². The fourth-order valence-electron chi connectivity index (χ4n) is 2.71. The maximum atomic E-state index is 11.2. The lowest BCUT2D eigenvalue weighted by Crippen LogP contribution is -2.59. The average Bonchev–Trinajstić information content (AvgIpc) is 2.30. The van der Waals surface area contributed by atoms with Crippen molar-refractivity contribution in [2.45, 2.75) is 24.9 Å². The van der Waals surface area contributed by atoms with Crippen LogP contribution in [-0.2, 0) is 4.79 Å². The number of carboxylic acid groups (broad SMARTS) is 1. The van der Waals surface area contributed by atoms with E-state index in [9.17, 15) is 9.90 Å². The molecule has 1 unspecified atom stereocenters. The highest BCUT2D eigenvalue weighted by molar-refractivity contribution is 5.74. The molecular weight excluding hydrogens is 206 g/mol. The molecule has 2 rings (SSSR count). The van der Waals surface area contributed by atoms with E-state index < -0.39 is 5.97 Å². The van der Waals surface area contributed by atoms with E-state index in [4.69, 9.17) is 0 Å². The minimum absolute atomic E-state index is 0.331. The van der Waals surface area contributed by atoms with Crippen molar-refractivity contribution in [3.8, 4) is 0 Å². The van der Waals surface area contributed by atoms with Crippen LogP contribution in [0.4, 0.5) is 0 Å². The first-order valence-electron chi connectivity index (χ1n) is 6.06. The number of hydrogen-bond acceptors (Lipinski definition) is 4. The highest BCUT2D eigenvalue weighted by Gasteiger charge is 2.34. The molecule has 2 N–H and O–H groups in total. The molecule has 2 fully saturated rings. The Kier molecular flexibility index (Phi) is 3.78. The van der Waals surface area contributed by atoms with Gasteiger partial charge in [0.1, 0.15) is 6.04 Å². The Balaban J connectivity index is 1.97. The molecule has 1 atom stereocenters. The monoisotopic (exact) mass is 227 g/mol. The molecule has 2 aliphatic rings. The van der Waals surface area contributed by atoms with Crippen molar-refractivity contribution < 1.29 is 9.90 Å². The fraction of sp³-hybridized carbons (Fsp3) is 0.909. The summed E-state index contributed by atoms with van der Waals surface area (Å²) in [5, 5.41) is 12.4. The third-order valence-corrected chi connectivity index (χ3v) is 3.73. The molecule has 0 amide bonds. The molecule has 0 spiro atoms. The number of carbonyl (C=O) groups is 1. The van der Waals surface area contributed by atoms with Gasteiger partial charge in [0, 0.05) is 25.7 Å². The van der Waals surface area contributed by atoms with Crippen molar-refractivity contribution in [3.63, 3.8) is 0 Å². The van der Waals surface area contributed by atoms with Gasteiger partial charge < -0.3 is 15.3 Å². The van der Waals surface area contributed by atoms with Gasteiger partial charge in [0.25, 0.3) is 0 Å². The van der Waals surface area contributed by atoms with E-state index in [1.165, 1.54) is 0 Å². The molecular formula is C11H21N3O2. The van der Waals surface area contributed by atoms with Gasteiger partial charge in [0.05, 0.1) is 0 Å². The van der Waals surface area contributed by atoms with Crippen LogP contribution in [0.2, 0.25) is 0 Å².